The molecule has 1 fully saturated rings. The predicted molar refractivity (Wildman–Crippen MR) is 70.6 cm³/mol. The first-order valence-electron chi connectivity index (χ1n) is 4.61. The standard InChI is InChI=1S/C10H8BrFINO2/c11-6-1-2-9(8(12)3-6)14-5-7(4-13)16-10(14)15/h1-3,7H,4-5H2/t7-/m0/s1. The highest BCUT2D eigenvalue weighted by Gasteiger charge is 2.32. The fourth-order valence-corrected chi connectivity index (χ4v) is 2.29. The number of rotatable bonds is 2. The van der Waals surface area contributed by atoms with E-state index in [1.165, 1.54) is 11.0 Å². The molecule has 1 aromatic rings. The number of nitrogens with zero attached hydrogens (tertiary/aromatic N) is 1. The van der Waals surface area contributed by atoms with Crippen LogP contribution in [0.5, 0.6) is 0 Å². The van der Waals surface area contributed by atoms with Gasteiger partial charge in [0.05, 0.1) is 12.2 Å². The van der Waals surface area contributed by atoms with Crippen molar-refractivity contribution in [2.45, 2.75) is 6.10 Å². The summed E-state index contributed by atoms with van der Waals surface area (Å²) in [6.45, 7) is 0.403. The lowest BCUT2D eigenvalue weighted by Gasteiger charge is -2.13. The number of carbonyl (C=O) groups is 1. The minimum Gasteiger partial charge on any atom is -0.443 e. The number of hydrogen-bond acceptors (Lipinski definition) is 2. The first-order chi connectivity index (χ1) is 7.61. The Kier molecular flexibility index (Phi) is 3.68. The summed E-state index contributed by atoms with van der Waals surface area (Å²) in [5.41, 5.74) is 0.264. The van der Waals surface area contributed by atoms with Crippen molar-refractivity contribution in [3.05, 3.63) is 28.5 Å². The van der Waals surface area contributed by atoms with E-state index in [0.29, 0.717) is 15.4 Å². The predicted octanol–water partition coefficient (Wildman–Crippen LogP) is 3.35. The van der Waals surface area contributed by atoms with Crippen molar-refractivity contribution in [3.8, 4) is 0 Å². The zero-order valence-corrected chi connectivity index (χ0v) is 11.9. The fraction of sp³-hybridized carbons (Fsp3) is 0.300. The van der Waals surface area contributed by atoms with Crippen LogP contribution in [0.4, 0.5) is 14.9 Å². The minimum absolute atomic E-state index is 0.156. The van der Waals surface area contributed by atoms with Gasteiger partial charge in [-0.05, 0) is 18.2 Å². The molecule has 6 heteroatoms. The Labute approximate surface area is 114 Å². The van der Waals surface area contributed by atoms with Crippen molar-refractivity contribution in [3.63, 3.8) is 0 Å². The summed E-state index contributed by atoms with van der Waals surface area (Å²) in [6, 6.07) is 4.60. The van der Waals surface area contributed by atoms with Crippen molar-refractivity contribution >= 4 is 50.3 Å². The van der Waals surface area contributed by atoms with Crippen LogP contribution >= 0.6 is 38.5 Å². The summed E-state index contributed by atoms with van der Waals surface area (Å²) in [4.78, 5) is 12.8. The molecule has 86 valence electrons. The molecule has 0 N–H and O–H groups in total. The second kappa shape index (κ2) is 4.87. The van der Waals surface area contributed by atoms with E-state index in [0.717, 1.165) is 0 Å². The molecular formula is C10H8BrFINO2. The molecule has 0 bridgehead atoms. The second-order valence-corrected chi connectivity index (χ2v) is 5.16. The Balaban J connectivity index is 2.28. The van der Waals surface area contributed by atoms with Gasteiger partial charge in [0, 0.05) is 8.90 Å². The highest BCUT2D eigenvalue weighted by Crippen LogP contribution is 2.27. The number of ether oxygens (including phenoxy) is 1. The van der Waals surface area contributed by atoms with Crippen LogP contribution in [0.25, 0.3) is 0 Å². The third-order valence-electron chi connectivity index (χ3n) is 2.25. The number of carbonyl (C=O) groups excluding carboxylic acids is 1. The normalized spacial score (nSPS) is 20.1. The number of halogens is 3. The molecule has 0 saturated carbocycles. The summed E-state index contributed by atoms with van der Waals surface area (Å²) >= 11 is 5.31. The molecule has 1 atom stereocenters. The second-order valence-electron chi connectivity index (χ2n) is 3.37. The molecule has 1 aliphatic rings. The van der Waals surface area contributed by atoms with Crippen LogP contribution in [0.1, 0.15) is 0 Å². The number of benzene rings is 1. The fourth-order valence-electron chi connectivity index (χ4n) is 1.50. The summed E-state index contributed by atoms with van der Waals surface area (Å²) < 4.78 is 20.0. The lowest BCUT2D eigenvalue weighted by Crippen LogP contribution is -2.25. The molecule has 1 amide bonds. The first kappa shape index (κ1) is 12.1. The Morgan fingerprint density at radius 2 is 2.38 bits per heavy atom. The Morgan fingerprint density at radius 1 is 1.62 bits per heavy atom. The molecule has 1 aromatic carbocycles. The number of cyclic esters (lactones) is 1. The largest absolute Gasteiger partial charge is 0.443 e. The van der Waals surface area contributed by atoms with Crippen LogP contribution in [-0.4, -0.2) is 23.2 Å². The Morgan fingerprint density at radius 3 is 2.94 bits per heavy atom. The summed E-state index contributed by atoms with van der Waals surface area (Å²) in [7, 11) is 0. The molecule has 16 heavy (non-hydrogen) atoms. The molecule has 0 radical (unpaired) electrons. The molecule has 1 heterocycles. The molecule has 3 nitrogen and oxygen atoms in total. The first-order valence-corrected chi connectivity index (χ1v) is 6.93. The van der Waals surface area contributed by atoms with Gasteiger partial charge in [-0.1, -0.05) is 38.5 Å². The van der Waals surface area contributed by atoms with Gasteiger partial charge >= 0.3 is 6.09 Å². The van der Waals surface area contributed by atoms with Gasteiger partial charge in [-0.2, -0.15) is 0 Å². The lowest BCUT2D eigenvalue weighted by molar-refractivity contribution is 0.152. The highest BCUT2D eigenvalue weighted by atomic mass is 127. The quantitative estimate of drug-likeness (QED) is 0.563. The molecule has 0 aliphatic carbocycles. The van der Waals surface area contributed by atoms with Crippen molar-refractivity contribution < 1.29 is 13.9 Å². The van der Waals surface area contributed by atoms with Gasteiger partial charge < -0.3 is 4.74 Å². The average Bonchev–Trinajstić information content (AvgIpc) is 2.60. The summed E-state index contributed by atoms with van der Waals surface area (Å²) in [5, 5.41) is 0. The van der Waals surface area contributed by atoms with Crippen LogP contribution in [0.3, 0.4) is 0 Å². The molecule has 1 aliphatic heterocycles. The molecule has 0 aromatic heterocycles. The third-order valence-corrected chi connectivity index (χ3v) is 3.72. The van der Waals surface area contributed by atoms with E-state index >= 15 is 0 Å². The van der Waals surface area contributed by atoms with Gasteiger partial charge in [0.25, 0.3) is 0 Å². The topological polar surface area (TPSA) is 29.5 Å². The molecular weight excluding hydrogens is 392 g/mol. The molecule has 1 saturated heterocycles. The van der Waals surface area contributed by atoms with Gasteiger partial charge in [0.15, 0.2) is 0 Å². The third kappa shape index (κ3) is 2.32. The van der Waals surface area contributed by atoms with Gasteiger partial charge in [-0.25, -0.2) is 9.18 Å². The van der Waals surface area contributed by atoms with Crippen LogP contribution in [0.15, 0.2) is 22.7 Å². The SMILES string of the molecule is O=C1O[C@@H](CI)CN1c1ccc(Br)cc1F. The van der Waals surface area contributed by atoms with Crippen molar-refractivity contribution in [2.75, 3.05) is 15.9 Å². The van der Waals surface area contributed by atoms with E-state index < -0.39 is 11.9 Å². The van der Waals surface area contributed by atoms with Crippen LogP contribution < -0.4 is 4.90 Å². The molecule has 0 unspecified atom stereocenters. The number of amides is 1. The van der Waals surface area contributed by atoms with E-state index in [2.05, 4.69) is 38.5 Å². The van der Waals surface area contributed by atoms with E-state index in [-0.39, 0.29) is 11.8 Å². The van der Waals surface area contributed by atoms with Crippen molar-refractivity contribution in [1.82, 2.24) is 0 Å². The maximum Gasteiger partial charge on any atom is 0.414 e. The molecule has 2 rings (SSSR count). The average molecular weight is 400 g/mol. The number of alkyl halides is 1. The van der Waals surface area contributed by atoms with Crippen molar-refractivity contribution in [2.24, 2.45) is 0 Å². The Bertz CT molecular complexity index is 429. The number of anilines is 1. The summed E-state index contributed by atoms with van der Waals surface area (Å²) in [5.74, 6) is -0.430. The monoisotopic (exact) mass is 399 g/mol. The number of hydrogen-bond donors (Lipinski definition) is 0. The zero-order valence-electron chi connectivity index (χ0n) is 8.12. The maximum absolute atomic E-state index is 13.6. The van der Waals surface area contributed by atoms with E-state index in [1.807, 2.05) is 0 Å². The van der Waals surface area contributed by atoms with Gasteiger partial charge in [-0.15, -0.1) is 0 Å². The minimum atomic E-state index is -0.483. The molecule has 0 spiro atoms. The van der Waals surface area contributed by atoms with Gasteiger partial charge in [0.2, 0.25) is 0 Å². The van der Waals surface area contributed by atoms with Crippen molar-refractivity contribution in [1.29, 1.82) is 0 Å². The van der Waals surface area contributed by atoms with E-state index in [9.17, 15) is 9.18 Å². The summed E-state index contributed by atoms with van der Waals surface area (Å²) in [6.07, 6.45) is -0.640. The smallest absolute Gasteiger partial charge is 0.414 e. The van der Waals surface area contributed by atoms with E-state index in [4.69, 9.17) is 4.74 Å². The van der Waals surface area contributed by atoms with E-state index in [1.54, 1.807) is 12.1 Å². The van der Waals surface area contributed by atoms with Crippen LogP contribution in [0, 0.1) is 5.82 Å². The lowest BCUT2D eigenvalue weighted by atomic mass is 10.2. The van der Waals surface area contributed by atoms with Crippen LogP contribution in [-0.2, 0) is 4.74 Å². The van der Waals surface area contributed by atoms with Gasteiger partial charge in [0.1, 0.15) is 11.9 Å². The maximum atomic E-state index is 13.6. The Hall–Kier alpha value is -0.370. The van der Waals surface area contributed by atoms with Crippen LogP contribution in [0.2, 0.25) is 0 Å². The highest BCUT2D eigenvalue weighted by molar-refractivity contribution is 14.1. The zero-order chi connectivity index (χ0) is 11.7. The van der Waals surface area contributed by atoms with Gasteiger partial charge in [-0.3, -0.25) is 4.90 Å².